The Morgan fingerprint density at radius 2 is 2.42 bits per heavy atom. The molecule has 0 aliphatic carbocycles. The van der Waals surface area contributed by atoms with E-state index >= 15 is 0 Å². The molecular weight excluding hydrogens is 150 g/mol. The van der Waals surface area contributed by atoms with Gasteiger partial charge in [0.15, 0.2) is 0 Å². The maximum atomic E-state index is 5.20. The summed E-state index contributed by atoms with van der Waals surface area (Å²) >= 11 is 0. The Kier molecular flexibility index (Phi) is 2.20. The summed E-state index contributed by atoms with van der Waals surface area (Å²) in [5, 5.41) is 0. The molecule has 2 atom stereocenters. The van der Waals surface area contributed by atoms with E-state index < -0.39 is 0 Å². The van der Waals surface area contributed by atoms with Gasteiger partial charge < -0.3 is 4.74 Å². The van der Waals surface area contributed by atoms with Crippen molar-refractivity contribution in [1.82, 2.24) is 4.90 Å². The number of hydrogen-bond acceptors (Lipinski definition) is 2. The Morgan fingerprint density at radius 3 is 3.17 bits per heavy atom. The van der Waals surface area contributed by atoms with Crippen LogP contribution in [-0.2, 0) is 4.74 Å². The minimum atomic E-state index is 0.666. The normalized spacial score (nSPS) is 35.9. The fourth-order valence-corrected chi connectivity index (χ4v) is 2.52. The first kappa shape index (κ1) is 8.27. The van der Waals surface area contributed by atoms with Gasteiger partial charge in [-0.3, -0.25) is 4.90 Å². The molecule has 2 rings (SSSR count). The molecule has 0 N–H and O–H groups in total. The summed E-state index contributed by atoms with van der Waals surface area (Å²) in [5.41, 5.74) is 1.40. The molecule has 12 heavy (non-hydrogen) atoms. The van der Waals surface area contributed by atoms with Crippen LogP contribution in [0.5, 0.6) is 0 Å². The monoisotopic (exact) mass is 167 g/mol. The van der Waals surface area contributed by atoms with E-state index in [-0.39, 0.29) is 0 Å². The Bertz CT molecular complexity index is 188. The highest BCUT2D eigenvalue weighted by atomic mass is 16.5. The Hall–Kier alpha value is -0.340. The van der Waals surface area contributed by atoms with E-state index in [2.05, 4.69) is 11.5 Å². The smallest absolute Gasteiger partial charge is 0.0618 e. The molecule has 2 heterocycles. The molecule has 0 amide bonds. The first-order valence-corrected chi connectivity index (χ1v) is 4.72. The molecule has 2 saturated heterocycles. The first-order chi connectivity index (χ1) is 5.81. The van der Waals surface area contributed by atoms with Gasteiger partial charge >= 0.3 is 0 Å². The van der Waals surface area contributed by atoms with E-state index in [1.165, 1.54) is 24.8 Å². The number of methoxy groups -OCH3 is 1. The largest absolute Gasteiger partial charge is 0.383 e. The molecule has 0 radical (unpaired) electrons. The summed E-state index contributed by atoms with van der Waals surface area (Å²) in [4.78, 5) is 2.56. The SMILES string of the molecule is C=C1C[C@@H]2CC[C@@H](COC)N2C1. The van der Waals surface area contributed by atoms with Crippen LogP contribution >= 0.6 is 0 Å². The molecule has 0 bridgehead atoms. The van der Waals surface area contributed by atoms with Crippen molar-refractivity contribution in [2.45, 2.75) is 31.3 Å². The van der Waals surface area contributed by atoms with Gasteiger partial charge in [0.05, 0.1) is 6.61 Å². The van der Waals surface area contributed by atoms with Gasteiger partial charge in [0.2, 0.25) is 0 Å². The Morgan fingerprint density at radius 1 is 1.58 bits per heavy atom. The zero-order chi connectivity index (χ0) is 8.55. The van der Waals surface area contributed by atoms with Crippen LogP contribution in [0.25, 0.3) is 0 Å². The van der Waals surface area contributed by atoms with Crippen LogP contribution in [0.4, 0.5) is 0 Å². The van der Waals surface area contributed by atoms with Crippen LogP contribution in [0.3, 0.4) is 0 Å². The second-order valence-corrected chi connectivity index (χ2v) is 3.97. The van der Waals surface area contributed by atoms with Crippen LogP contribution < -0.4 is 0 Å². The van der Waals surface area contributed by atoms with Gasteiger partial charge in [0, 0.05) is 25.7 Å². The van der Waals surface area contributed by atoms with Crippen LogP contribution in [0.1, 0.15) is 19.3 Å². The van der Waals surface area contributed by atoms with Gasteiger partial charge in [0.25, 0.3) is 0 Å². The number of hydrogen-bond donors (Lipinski definition) is 0. The third kappa shape index (κ3) is 1.29. The van der Waals surface area contributed by atoms with Crippen molar-refractivity contribution in [3.8, 4) is 0 Å². The van der Waals surface area contributed by atoms with Crippen molar-refractivity contribution in [1.29, 1.82) is 0 Å². The number of nitrogens with zero attached hydrogens (tertiary/aromatic N) is 1. The lowest BCUT2D eigenvalue weighted by Crippen LogP contribution is -2.34. The number of fused-ring (bicyclic) bond motifs is 1. The van der Waals surface area contributed by atoms with E-state index in [0.717, 1.165) is 19.2 Å². The van der Waals surface area contributed by atoms with Crippen LogP contribution in [0.15, 0.2) is 12.2 Å². The van der Waals surface area contributed by atoms with Gasteiger partial charge in [-0.2, -0.15) is 0 Å². The van der Waals surface area contributed by atoms with Gasteiger partial charge in [-0.15, -0.1) is 0 Å². The Labute approximate surface area is 74.2 Å². The fourth-order valence-electron chi connectivity index (χ4n) is 2.52. The fraction of sp³-hybridized carbons (Fsp3) is 0.800. The summed E-state index contributed by atoms with van der Waals surface area (Å²) in [5.74, 6) is 0. The van der Waals surface area contributed by atoms with Crippen molar-refractivity contribution in [2.24, 2.45) is 0 Å². The second kappa shape index (κ2) is 3.19. The molecule has 2 fully saturated rings. The van der Waals surface area contributed by atoms with Crippen molar-refractivity contribution < 1.29 is 4.74 Å². The van der Waals surface area contributed by atoms with Crippen molar-refractivity contribution in [3.05, 3.63) is 12.2 Å². The molecule has 0 aromatic carbocycles. The average molecular weight is 167 g/mol. The molecule has 68 valence electrons. The average Bonchev–Trinajstić information content (AvgIpc) is 2.52. The summed E-state index contributed by atoms with van der Waals surface area (Å²) < 4.78 is 5.20. The molecule has 2 aliphatic rings. The Balaban J connectivity index is 1.98. The molecule has 0 aromatic rings. The topological polar surface area (TPSA) is 12.5 Å². The quantitative estimate of drug-likeness (QED) is 0.577. The highest BCUT2D eigenvalue weighted by Crippen LogP contribution is 2.34. The first-order valence-electron chi connectivity index (χ1n) is 4.72. The minimum Gasteiger partial charge on any atom is -0.383 e. The third-order valence-electron chi connectivity index (χ3n) is 3.06. The molecule has 0 unspecified atom stereocenters. The molecule has 2 aliphatic heterocycles. The maximum absolute atomic E-state index is 5.20. The molecule has 0 saturated carbocycles. The highest BCUT2D eigenvalue weighted by molar-refractivity contribution is 5.11. The number of rotatable bonds is 2. The highest BCUT2D eigenvalue weighted by Gasteiger charge is 2.37. The lowest BCUT2D eigenvalue weighted by atomic mass is 10.1. The summed E-state index contributed by atoms with van der Waals surface area (Å²) in [7, 11) is 1.79. The van der Waals surface area contributed by atoms with E-state index in [9.17, 15) is 0 Å². The molecule has 2 heteroatoms. The van der Waals surface area contributed by atoms with Crippen molar-refractivity contribution in [3.63, 3.8) is 0 Å². The number of ether oxygens (including phenoxy) is 1. The van der Waals surface area contributed by atoms with Crippen molar-refractivity contribution in [2.75, 3.05) is 20.3 Å². The second-order valence-electron chi connectivity index (χ2n) is 3.97. The van der Waals surface area contributed by atoms with E-state index in [0.29, 0.717) is 6.04 Å². The minimum absolute atomic E-state index is 0.666. The van der Waals surface area contributed by atoms with Gasteiger partial charge in [-0.25, -0.2) is 0 Å². The van der Waals surface area contributed by atoms with Crippen LogP contribution in [-0.4, -0.2) is 37.2 Å². The van der Waals surface area contributed by atoms with E-state index in [4.69, 9.17) is 4.74 Å². The lowest BCUT2D eigenvalue weighted by Gasteiger charge is -2.22. The zero-order valence-electron chi connectivity index (χ0n) is 7.75. The van der Waals surface area contributed by atoms with Gasteiger partial charge in [-0.1, -0.05) is 12.2 Å². The van der Waals surface area contributed by atoms with Crippen LogP contribution in [0.2, 0.25) is 0 Å². The van der Waals surface area contributed by atoms with E-state index in [1.807, 2.05) is 0 Å². The molecule has 2 nitrogen and oxygen atoms in total. The predicted molar refractivity (Wildman–Crippen MR) is 49.1 cm³/mol. The third-order valence-corrected chi connectivity index (χ3v) is 3.06. The summed E-state index contributed by atoms with van der Waals surface area (Å²) in [6, 6.07) is 1.46. The van der Waals surface area contributed by atoms with Gasteiger partial charge in [0.1, 0.15) is 0 Å². The summed E-state index contributed by atoms with van der Waals surface area (Å²) in [6.07, 6.45) is 3.87. The zero-order valence-corrected chi connectivity index (χ0v) is 7.75. The molecule has 0 spiro atoms. The van der Waals surface area contributed by atoms with Gasteiger partial charge in [-0.05, 0) is 19.3 Å². The maximum Gasteiger partial charge on any atom is 0.0618 e. The van der Waals surface area contributed by atoms with E-state index in [1.54, 1.807) is 7.11 Å². The standard InChI is InChI=1S/C10H17NO/c1-8-5-9-3-4-10(7-12-2)11(9)6-8/h9-10H,1,3-7H2,2H3/t9-,10-/m0/s1. The summed E-state index contributed by atoms with van der Waals surface area (Å²) in [6.45, 7) is 6.05. The lowest BCUT2D eigenvalue weighted by molar-refractivity contribution is 0.115. The van der Waals surface area contributed by atoms with Crippen molar-refractivity contribution >= 4 is 0 Å². The molecular formula is C10H17NO. The molecule has 0 aromatic heterocycles. The predicted octanol–water partition coefficient (Wildman–Crippen LogP) is 1.43. The van der Waals surface area contributed by atoms with Crippen LogP contribution in [0, 0.1) is 0 Å².